The number of anilines is 1. The molecule has 3 aromatic carbocycles. The number of ether oxygens (including phenoxy) is 2. The first-order chi connectivity index (χ1) is 15.9. The highest BCUT2D eigenvalue weighted by atomic mass is 35.5. The summed E-state index contributed by atoms with van der Waals surface area (Å²) in [6, 6.07) is 20.8. The molecule has 172 valence electrons. The Bertz CT molecular complexity index is 1250. The Kier molecular flexibility index (Phi) is 6.76. The quantitative estimate of drug-likeness (QED) is 0.551. The first-order valence-electron chi connectivity index (χ1n) is 10.3. The number of benzene rings is 3. The van der Waals surface area contributed by atoms with Gasteiger partial charge in [0.05, 0.1) is 19.3 Å². The van der Waals surface area contributed by atoms with Crippen molar-refractivity contribution in [2.45, 2.75) is 17.4 Å². The van der Waals surface area contributed by atoms with Crippen molar-refractivity contribution in [3.8, 4) is 11.5 Å². The highest BCUT2D eigenvalue weighted by molar-refractivity contribution is 7.93. The van der Waals surface area contributed by atoms with E-state index in [2.05, 4.69) is 5.32 Å². The fraction of sp³-hybridized carbons (Fsp3) is 0.208. The highest BCUT2D eigenvalue weighted by Crippen LogP contribution is 2.39. The van der Waals surface area contributed by atoms with Crippen molar-refractivity contribution in [3.05, 3.63) is 83.4 Å². The summed E-state index contributed by atoms with van der Waals surface area (Å²) >= 11 is 6.08. The van der Waals surface area contributed by atoms with Crippen LogP contribution in [-0.4, -0.2) is 40.6 Å². The van der Waals surface area contributed by atoms with Crippen LogP contribution in [0.5, 0.6) is 11.5 Å². The molecule has 0 spiro atoms. The lowest BCUT2D eigenvalue weighted by molar-refractivity contribution is -0.127. The van der Waals surface area contributed by atoms with E-state index in [1.54, 1.807) is 30.3 Å². The third-order valence-corrected chi connectivity index (χ3v) is 7.31. The Morgan fingerprint density at radius 2 is 1.85 bits per heavy atom. The predicted molar refractivity (Wildman–Crippen MR) is 127 cm³/mol. The summed E-state index contributed by atoms with van der Waals surface area (Å²) in [4.78, 5) is 12.8. The summed E-state index contributed by atoms with van der Waals surface area (Å²) in [6.07, 6.45) is -0.368. The number of carbonyl (C=O) groups excluding carboxylic acids is 1. The molecule has 0 aromatic heterocycles. The second-order valence-electron chi connectivity index (χ2n) is 7.43. The Hall–Kier alpha value is -3.23. The van der Waals surface area contributed by atoms with Gasteiger partial charge in [-0.15, -0.1) is 0 Å². The summed E-state index contributed by atoms with van der Waals surface area (Å²) in [7, 11) is -2.72. The van der Waals surface area contributed by atoms with E-state index < -0.39 is 22.0 Å². The van der Waals surface area contributed by atoms with Crippen LogP contribution in [0.15, 0.2) is 77.7 Å². The smallest absolute Gasteiger partial charge is 0.268 e. The normalized spacial score (nSPS) is 15.3. The number of amides is 1. The minimum Gasteiger partial charge on any atom is -0.495 e. The van der Waals surface area contributed by atoms with E-state index in [1.807, 2.05) is 30.3 Å². The SMILES string of the molecule is COc1ccc(Cl)cc1S(=O)(=O)N1C[C@@H](C(=O)NCCc2ccccc2)Oc2ccccc21. The van der Waals surface area contributed by atoms with Crippen molar-refractivity contribution in [1.82, 2.24) is 5.32 Å². The van der Waals surface area contributed by atoms with E-state index in [0.29, 0.717) is 24.4 Å². The van der Waals surface area contributed by atoms with E-state index in [0.717, 1.165) is 5.56 Å². The van der Waals surface area contributed by atoms with Crippen LogP contribution in [0.1, 0.15) is 5.56 Å². The van der Waals surface area contributed by atoms with Crippen molar-refractivity contribution < 1.29 is 22.7 Å². The van der Waals surface area contributed by atoms with Gasteiger partial charge in [0, 0.05) is 11.6 Å². The Labute approximate surface area is 197 Å². The largest absolute Gasteiger partial charge is 0.495 e. The first-order valence-corrected chi connectivity index (χ1v) is 12.2. The van der Waals surface area contributed by atoms with Crippen molar-refractivity contribution in [1.29, 1.82) is 0 Å². The fourth-order valence-corrected chi connectivity index (χ4v) is 5.52. The number of methoxy groups -OCH3 is 1. The number of nitrogens with zero attached hydrogens (tertiary/aromatic N) is 1. The minimum absolute atomic E-state index is 0.0857. The zero-order valence-corrected chi connectivity index (χ0v) is 19.5. The van der Waals surface area contributed by atoms with Crippen LogP contribution in [0.4, 0.5) is 5.69 Å². The molecule has 0 saturated carbocycles. The number of fused-ring (bicyclic) bond motifs is 1. The van der Waals surface area contributed by atoms with Crippen molar-refractivity contribution in [3.63, 3.8) is 0 Å². The molecular formula is C24H23ClN2O5S. The molecule has 0 bridgehead atoms. The van der Waals surface area contributed by atoms with Gasteiger partial charge >= 0.3 is 0 Å². The number of para-hydroxylation sites is 2. The highest BCUT2D eigenvalue weighted by Gasteiger charge is 2.38. The van der Waals surface area contributed by atoms with Crippen molar-refractivity contribution in [2.75, 3.05) is 24.5 Å². The van der Waals surface area contributed by atoms with Gasteiger partial charge in [0.25, 0.3) is 15.9 Å². The second-order valence-corrected chi connectivity index (χ2v) is 9.70. The van der Waals surface area contributed by atoms with E-state index in [9.17, 15) is 13.2 Å². The van der Waals surface area contributed by atoms with E-state index in [4.69, 9.17) is 21.1 Å². The lowest BCUT2D eigenvalue weighted by Gasteiger charge is -2.35. The molecule has 3 aromatic rings. The van der Waals surface area contributed by atoms with Gasteiger partial charge in [0.2, 0.25) is 0 Å². The van der Waals surface area contributed by atoms with Crippen LogP contribution in [0.2, 0.25) is 5.02 Å². The zero-order chi connectivity index (χ0) is 23.4. The number of rotatable bonds is 7. The lowest BCUT2D eigenvalue weighted by atomic mass is 10.1. The molecule has 1 amide bonds. The predicted octanol–water partition coefficient (Wildman–Crippen LogP) is 3.66. The molecule has 1 aliphatic heterocycles. The summed E-state index contributed by atoms with van der Waals surface area (Å²) in [5, 5.41) is 3.10. The molecule has 0 unspecified atom stereocenters. The number of hydrogen-bond acceptors (Lipinski definition) is 5. The standard InChI is InChI=1S/C24H23ClN2O5S/c1-31-21-12-11-18(25)15-23(21)33(29,30)27-16-22(32-20-10-6-5-9-19(20)27)24(28)26-14-13-17-7-3-2-4-8-17/h2-12,15,22H,13-14,16H2,1H3,(H,26,28)/t22-/m0/s1. The molecule has 1 N–H and O–H groups in total. The van der Waals surface area contributed by atoms with Crippen LogP contribution in [0, 0.1) is 0 Å². The number of hydrogen-bond donors (Lipinski definition) is 1. The summed E-state index contributed by atoms with van der Waals surface area (Å²) in [5.74, 6) is 0.0717. The van der Waals surface area contributed by atoms with Crippen LogP contribution in [-0.2, 0) is 21.2 Å². The molecule has 0 aliphatic carbocycles. The van der Waals surface area contributed by atoms with Crippen molar-refractivity contribution in [2.24, 2.45) is 0 Å². The molecule has 9 heteroatoms. The lowest BCUT2D eigenvalue weighted by Crippen LogP contribution is -2.51. The zero-order valence-electron chi connectivity index (χ0n) is 17.9. The molecule has 1 aliphatic rings. The monoisotopic (exact) mass is 486 g/mol. The van der Waals surface area contributed by atoms with Gasteiger partial charge < -0.3 is 14.8 Å². The maximum absolute atomic E-state index is 13.6. The van der Waals surface area contributed by atoms with Gasteiger partial charge in [-0.05, 0) is 42.3 Å². The van der Waals surface area contributed by atoms with E-state index in [1.165, 1.54) is 23.5 Å². The van der Waals surface area contributed by atoms with Crippen LogP contribution < -0.4 is 19.1 Å². The number of sulfonamides is 1. The van der Waals surface area contributed by atoms with Crippen LogP contribution >= 0.6 is 11.6 Å². The van der Waals surface area contributed by atoms with Gasteiger partial charge in [-0.3, -0.25) is 9.10 Å². The third kappa shape index (κ3) is 4.91. The average Bonchev–Trinajstić information content (AvgIpc) is 2.83. The molecule has 1 atom stereocenters. The Morgan fingerprint density at radius 1 is 1.12 bits per heavy atom. The second kappa shape index (κ2) is 9.72. The number of carbonyl (C=O) groups is 1. The summed E-state index contributed by atoms with van der Waals surface area (Å²) in [5.41, 5.74) is 1.43. The van der Waals surface area contributed by atoms with E-state index in [-0.39, 0.29) is 22.2 Å². The molecule has 1 heterocycles. The first kappa shape index (κ1) is 22.9. The average molecular weight is 487 g/mol. The molecule has 0 radical (unpaired) electrons. The number of halogens is 1. The van der Waals surface area contributed by atoms with Gasteiger partial charge in [-0.2, -0.15) is 0 Å². The van der Waals surface area contributed by atoms with Crippen LogP contribution in [0.3, 0.4) is 0 Å². The molecule has 0 saturated heterocycles. The fourth-order valence-electron chi connectivity index (χ4n) is 3.63. The summed E-state index contributed by atoms with van der Waals surface area (Å²) < 4.78 is 39.6. The topological polar surface area (TPSA) is 84.9 Å². The number of nitrogens with one attached hydrogen (secondary N) is 1. The maximum Gasteiger partial charge on any atom is 0.268 e. The molecule has 4 rings (SSSR count). The van der Waals surface area contributed by atoms with Gasteiger partial charge in [0.1, 0.15) is 16.4 Å². The molecular weight excluding hydrogens is 464 g/mol. The van der Waals surface area contributed by atoms with Gasteiger partial charge in [0.15, 0.2) is 6.10 Å². The maximum atomic E-state index is 13.6. The minimum atomic E-state index is -4.11. The Morgan fingerprint density at radius 3 is 2.61 bits per heavy atom. The van der Waals surface area contributed by atoms with Gasteiger partial charge in [-0.1, -0.05) is 54.1 Å². The molecule has 33 heavy (non-hydrogen) atoms. The van der Waals surface area contributed by atoms with E-state index >= 15 is 0 Å². The molecule has 7 nitrogen and oxygen atoms in total. The van der Waals surface area contributed by atoms with Crippen molar-refractivity contribution >= 4 is 33.2 Å². The Balaban J connectivity index is 1.59. The third-order valence-electron chi connectivity index (χ3n) is 5.28. The summed E-state index contributed by atoms with van der Waals surface area (Å²) in [6.45, 7) is 0.214. The molecule has 0 fully saturated rings. The van der Waals surface area contributed by atoms with Crippen LogP contribution in [0.25, 0.3) is 0 Å². The van der Waals surface area contributed by atoms with Gasteiger partial charge in [-0.25, -0.2) is 8.42 Å².